The third-order valence-corrected chi connectivity index (χ3v) is 6.42. The number of para-hydroxylation sites is 1. The molecule has 0 radical (unpaired) electrons. The van der Waals surface area contributed by atoms with E-state index in [1.807, 2.05) is 38.1 Å². The van der Waals surface area contributed by atoms with Crippen LogP contribution in [0.25, 0.3) is 0 Å². The van der Waals surface area contributed by atoms with Gasteiger partial charge in [0.25, 0.3) is 0 Å². The second-order valence-corrected chi connectivity index (χ2v) is 9.79. The van der Waals surface area contributed by atoms with Crippen molar-refractivity contribution in [3.8, 4) is 0 Å². The van der Waals surface area contributed by atoms with Crippen LogP contribution in [0, 0.1) is 13.8 Å². The number of benzene rings is 1. The van der Waals surface area contributed by atoms with E-state index in [2.05, 4.69) is 21.7 Å². The maximum absolute atomic E-state index is 12.9. The van der Waals surface area contributed by atoms with Gasteiger partial charge in [0, 0.05) is 12.8 Å². The lowest BCUT2D eigenvalue weighted by atomic mass is 10.0. The molecule has 2 unspecified atom stereocenters. The number of amides is 1. The molecule has 0 aliphatic rings. The predicted molar refractivity (Wildman–Crippen MR) is 125 cm³/mol. The van der Waals surface area contributed by atoms with Crippen molar-refractivity contribution < 1.29 is 18.8 Å². The molecular weight excluding hydrogens is 399 g/mol. The molecule has 0 aliphatic carbocycles. The zero-order valence-electron chi connectivity index (χ0n) is 18.8. The highest BCUT2D eigenvalue weighted by Crippen LogP contribution is 2.39. The van der Waals surface area contributed by atoms with E-state index in [0.29, 0.717) is 6.42 Å². The van der Waals surface area contributed by atoms with Gasteiger partial charge in [0.1, 0.15) is 0 Å². The Morgan fingerprint density at radius 1 is 1.13 bits per heavy atom. The van der Waals surface area contributed by atoms with Crippen molar-refractivity contribution in [2.45, 2.75) is 77.7 Å². The van der Waals surface area contributed by atoms with Crippen molar-refractivity contribution in [2.75, 3.05) is 18.7 Å². The van der Waals surface area contributed by atoms with Gasteiger partial charge in [0.15, 0.2) is 0 Å². The van der Waals surface area contributed by atoms with Crippen LogP contribution in [0.2, 0.25) is 0 Å². The molecule has 0 saturated carbocycles. The molecule has 0 fully saturated rings. The van der Waals surface area contributed by atoms with Crippen LogP contribution in [-0.4, -0.2) is 30.2 Å². The van der Waals surface area contributed by atoms with Gasteiger partial charge < -0.3 is 14.7 Å². The van der Waals surface area contributed by atoms with E-state index in [1.54, 1.807) is 0 Å². The maximum Gasteiger partial charge on any atom is 0.341 e. The van der Waals surface area contributed by atoms with E-state index >= 15 is 0 Å². The summed E-state index contributed by atoms with van der Waals surface area (Å²) in [7, 11) is -2.53. The summed E-state index contributed by atoms with van der Waals surface area (Å²) < 4.78 is 16.5. The number of hydrogen-bond donors (Lipinski definition) is 3. The summed E-state index contributed by atoms with van der Waals surface area (Å²) in [4.78, 5) is 22.6. The first-order valence-electron chi connectivity index (χ1n) is 10.9. The fourth-order valence-electron chi connectivity index (χ4n) is 3.36. The number of anilines is 1. The van der Waals surface area contributed by atoms with Crippen molar-refractivity contribution >= 4 is 19.2 Å². The van der Waals surface area contributed by atoms with Crippen LogP contribution in [0.15, 0.2) is 30.9 Å². The van der Waals surface area contributed by atoms with Crippen molar-refractivity contribution in [2.24, 2.45) is 0 Å². The van der Waals surface area contributed by atoms with E-state index in [0.717, 1.165) is 42.5 Å². The molecule has 0 heterocycles. The van der Waals surface area contributed by atoms with Crippen molar-refractivity contribution in [1.29, 1.82) is 0 Å². The monoisotopic (exact) mass is 438 g/mol. The Bertz CT molecular complexity index is 688. The second-order valence-electron chi connectivity index (χ2n) is 7.83. The zero-order chi connectivity index (χ0) is 22.4. The first-order chi connectivity index (χ1) is 14.3. The Balaban J connectivity index is 2.56. The lowest BCUT2D eigenvalue weighted by Gasteiger charge is -2.21. The van der Waals surface area contributed by atoms with Crippen LogP contribution in [0.1, 0.15) is 68.9 Å². The molecule has 0 saturated heterocycles. The average molecular weight is 439 g/mol. The highest BCUT2D eigenvalue weighted by atomic mass is 31.2. The lowest BCUT2D eigenvalue weighted by Crippen LogP contribution is -2.41. The van der Waals surface area contributed by atoms with Crippen molar-refractivity contribution in [3.05, 3.63) is 42.0 Å². The summed E-state index contributed by atoms with van der Waals surface area (Å²) in [5.41, 5.74) is 2.78. The van der Waals surface area contributed by atoms with Gasteiger partial charge in [-0.3, -0.25) is 14.7 Å². The number of rotatable bonds is 16. The molecule has 0 spiro atoms. The summed E-state index contributed by atoms with van der Waals surface area (Å²) in [6, 6.07) is 5.31. The van der Waals surface area contributed by atoms with E-state index in [9.17, 15) is 14.3 Å². The summed E-state index contributed by atoms with van der Waals surface area (Å²) in [5, 5.41) is 5.93. The maximum atomic E-state index is 12.9. The lowest BCUT2D eigenvalue weighted by molar-refractivity contribution is -0.118. The number of aryl methyl sites for hydroxylation is 2. The largest absolute Gasteiger partial charge is 0.341 e. The minimum absolute atomic E-state index is 0.187. The Hall–Kier alpha value is -1.46. The standard InChI is InChI=1S/C23H39N2O4P/c1-5-6-7-8-9-10-11-12-13-17-21(24-18-30(27,28)29-4)23(26)25-22-19(2)15-14-16-20(22)3/h5,14-16,21,24H,1,6-13,17-18H2,2-4H3,(H,25,26)(H,27,28). The summed E-state index contributed by atoms with van der Waals surface area (Å²) in [5.74, 6) is -0.187. The van der Waals surface area contributed by atoms with E-state index in [4.69, 9.17) is 0 Å². The topological polar surface area (TPSA) is 87.7 Å². The van der Waals surface area contributed by atoms with Crippen LogP contribution in [-0.2, 0) is 13.9 Å². The van der Waals surface area contributed by atoms with Crippen LogP contribution in [0.5, 0.6) is 0 Å². The zero-order valence-corrected chi connectivity index (χ0v) is 19.7. The van der Waals surface area contributed by atoms with Gasteiger partial charge in [-0.2, -0.15) is 0 Å². The van der Waals surface area contributed by atoms with Gasteiger partial charge in [0.2, 0.25) is 5.91 Å². The number of allylic oxidation sites excluding steroid dienone is 1. The van der Waals surface area contributed by atoms with Gasteiger partial charge in [-0.15, -0.1) is 6.58 Å². The van der Waals surface area contributed by atoms with E-state index in [1.165, 1.54) is 32.8 Å². The molecule has 0 aliphatic heterocycles. The summed E-state index contributed by atoms with van der Waals surface area (Å²) >= 11 is 0. The molecular formula is C23H39N2O4P. The predicted octanol–water partition coefficient (Wildman–Crippen LogP) is 5.69. The Labute approximate surface area is 182 Å². The molecule has 30 heavy (non-hydrogen) atoms. The molecule has 1 aromatic carbocycles. The normalized spacial score (nSPS) is 14.1. The van der Waals surface area contributed by atoms with Gasteiger partial charge >= 0.3 is 7.60 Å². The quantitative estimate of drug-likeness (QED) is 0.175. The van der Waals surface area contributed by atoms with Crippen LogP contribution in [0.4, 0.5) is 5.69 Å². The molecule has 1 amide bonds. The molecule has 3 N–H and O–H groups in total. The van der Waals surface area contributed by atoms with Gasteiger partial charge in [0.05, 0.1) is 12.3 Å². The van der Waals surface area contributed by atoms with Gasteiger partial charge in [-0.25, -0.2) is 0 Å². The molecule has 2 atom stereocenters. The molecule has 1 aromatic rings. The fourth-order valence-corrected chi connectivity index (χ4v) is 3.94. The SMILES string of the molecule is C=CCCCCCCCCCC(NCP(=O)(O)OC)C(=O)Nc1c(C)cccc1C. The van der Waals surface area contributed by atoms with E-state index in [-0.39, 0.29) is 12.2 Å². The Kier molecular flexibility index (Phi) is 12.9. The second kappa shape index (κ2) is 14.5. The Morgan fingerprint density at radius 2 is 1.70 bits per heavy atom. The molecule has 0 bridgehead atoms. The van der Waals surface area contributed by atoms with E-state index < -0.39 is 13.6 Å². The summed E-state index contributed by atoms with van der Waals surface area (Å²) in [6.45, 7) is 7.64. The van der Waals surface area contributed by atoms with Crippen LogP contribution < -0.4 is 10.6 Å². The average Bonchev–Trinajstić information content (AvgIpc) is 2.71. The third-order valence-electron chi connectivity index (χ3n) is 5.27. The number of unbranched alkanes of at least 4 members (excludes halogenated alkanes) is 7. The minimum atomic E-state index is -3.73. The first-order valence-corrected chi connectivity index (χ1v) is 12.7. The minimum Gasteiger partial charge on any atom is -0.324 e. The molecule has 6 nitrogen and oxygen atoms in total. The third kappa shape index (κ3) is 10.5. The first kappa shape index (κ1) is 26.6. The van der Waals surface area contributed by atoms with Gasteiger partial charge in [-0.1, -0.05) is 62.8 Å². The highest BCUT2D eigenvalue weighted by molar-refractivity contribution is 7.52. The number of nitrogens with one attached hydrogen (secondary N) is 2. The molecule has 170 valence electrons. The number of carbonyl (C=O) groups is 1. The van der Waals surface area contributed by atoms with Crippen LogP contribution >= 0.6 is 7.60 Å². The van der Waals surface area contributed by atoms with Gasteiger partial charge in [-0.05, 0) is 44.2 Å². The Morgan fingerprint density at radius 3 is 2.27 bits per heavy atom. The smallest absolute Gasteiger partial charge is 0.324 e. The van der Waals surface area contributed by atoms with Crippen LogP contribution in [0.3, 0.4) is 0 Å². The molecule has 7 heteroatoms. The molecule has 1 rings (SSSR count). The molecule has 0 aromatic heterocycles. The summed E-state index contributed by atoms with van der Waals surface area (Å²) in [6.07, 6.45) is 11.3. The fraction of sp³-hybridized carbons (Fsp3) is 0.609. The highest BCUT2D eigenvalue weighted by Gasteiger charge is 2.24. The number of carbonyl (C=O) groups excluding carboxylic acids is 1. The van der Waals surface area contributed by atoms with Crippen molar-refractivity contribution in [3.63, 3.8) is 0 Å². The van der Waals surface area contributed by atoms with Crippen molar-refractivity contribution in [1.82, 2.24) is 5.32 Å². The number of hydrogen-bond acceptors (Lipinski definition) is 4.